The van der Waals surface area contributed by atoms with Gasteiger partial charge in [-0.05, 0) is 36.8 Å². The summed E-state index contributed by atoms with van der Waals surface area (Å²) in [6, 6.07) is 15.7. The van der Waals surface area contributed by atoms with Crippen LogP contribution in [0.4, 0.5) is 5.69 Å². The molecule has 0 spiro atoms. The summed E-state index contributed by atoms with van der Waals surface area (Å²) in [7, 11) is 2.02. The number of benzene rings is 2. The number of aryl methyl sites for hydroxylation is 1. The van der Waals surface area contributed by atoms with Gasteiger partial charge >= 0.3 is 0 Å². The summed E-state index contributed by atoms with van der Waals surface area (Å²) in [5, 5.41) is 9.34. The molecule has 3 N–H and O–H groups in total. The molecule has 0 amide bonds. The number of nitrogens with zero attached hydrogens (tertiary/aromatic N) is 1. The number of phenolic OH excluding ortho intramolecular Hbond substituents is 1. The minimum absolute atomic E-state index is 0.130. The number of phenols is 1. The normalized spacial score (nSPS) is 12.2. The Morgan fingerprint density at radius 1 is 1.05 bits per heavy atom. The first-order chi connectivity index (χ1) is 9.11. The van der Waals surface area contributed by atoms with Gasteiger partial charge in [0.05, 0.1) is 6.04 Å². The van der Waals surface area contributed by atoms with E-state index in [1.807, 2.05) is 19.2 Å². The maximum Gasteiger partial charge on any atom is 0.115 e. The van der Waals surface area contributed by atoms with Crippen LogP contribution >= 0.6 is 0 Å². The molecule has 0 aliphatic carbocycles. The van der Waals surface area contributed by atoms with E-state index in [2.05, 4.69) is 36.1 Å². The largest absolute Gasteiger partial charge is 0.508 e. The van der Waals surface area contributed by atoms with Crippen molar-refractivity contribution in [3.05, 3.63) is 59.7 Å². The molecule has 0 bridgehead atoms. The summed E-state index contributed by atoms with van der Waals surface area (Å²) < 4.78 is 0. The smallest absolute Gasteiger partial charge is 0.115 e. The molecule has 100 valence electrons. The van der Waals surface area contributed by atoms with E-state index in [-0.39, 0.29) is 11.8 Å². The Morgan fingerprint density at radius 2 is 1.63 bits per heavy atom. The minimum Gasteiger partial charge on any atom is -0.508 e. The standard InChI is InChI=1S/C16H20N2O/c1-12-3-5-13(6-4-12)16(11-17)18(2)14-7-9-15(19)10-8-14/h3-10,16,19H,11,17H2,1-2H3. The van der Waals surface area contributed by atoms with Crippen LogP contribution in [0.3, 0.4) is 0 Å². The molecule has 2 aromatic carbocycles. The third-order valence-electron chi connectivity index (χ3n) is 3.41. The zero-order chi connectivity index (χ0) is 13.8. The van der Waals surface area contributed by atoms with Crippen LogP contribution in [0.25, 0.3) is 0 Å². The van der Waals surface area contributed by atoms with Crippen molar-refractivity contribution >= 4 is 5.69 Å². The van der Waals surface area contributed by atoms with E-state index in [0.29, 0.717) is 6.54 Å². The molecule has 0 aliphatic heterocycles. The lowest BCUT2D eigenvalue weighted by molar-refractivity contribution is 0.475. The van der Waals surface area contributed by atoms with Crippen molar-refractivity contribution in [2.24, 2.45) is 5.73 Å². The van der Waals surface area contributed by atoms with E-state index in [1.165, 1.54) is 11.1 Å². The SMILES string of the molecule is Cc1ccc(C(CN)N(C)c2ccc(O)cc2)cc1. The number of rotatable bonds is 4. The van der Waals surface area contributed by atoms with Gasteiger partial charge in [-0.2, -0.15) is 0 Å². The third kappa shape index (κ3) is 3.06. The predicted molar refractivity (Wildman–Crippen MR) is 79.5 cm³/mol. The molecular weight excluding hydrogens is 236 g/mol. The summed E-state index contributed by atoms with van der Waals surface area (Å²) in [4.78, 5) is 2.13. The van der Waals surface area contributed by atoms with Crippen LogP contribution < -0.4 is 10.6 Å². The van der Waals surface area contributed by atoms with Crippen LogP contribution in [0.15, 0.2) is 48.5 Å². The van der Waals surface area contributed by atoms with Crippen LogP contribution in [0.5, 0.6) is 5.75 Å². The first-order valence-electron chi connectivity index (χ1n) is 6.40. The van der Waals surface area contributed by atoms with E-state index in [0.717, 1.165) is 5.69 Å². The molecular formula is C16H20N2O. The fourth-order valence-corrected chi connectivity index (χ4v) is 2.17. The Morgan fingerprint density at radius 3 is 2.16 bits per heavy atom. The van der Waals surface area contributed by atoms with Gasteiger partial charge in [-0.1, -0.05) is 29.8 Å². The van der Waals surface area contributed by atoms with Gasteiger partial charge < -0.3 is 15.7 Å². The van der Waals surface area contributed by atoms with Gasteiger partial charge in [0.1, 0.15) is 5.75 Å². The highest BCUT2D eigenvalue weighted by Gasteiger charge is 2.15. The van der Waals surface area contributed by atoms with Crippen molar-refractivity contribution in [2.45, 2.75) is 13.0 Å². The first kappa shape index (κ1) is 13.4. The second-order valence-corrected chi connectivity index (χ2v) is 4.79. The van der Waals surface area contributed by atoms with Crippen LogP contribution in [-0.4, -0.2) is 18.7 Å². The van der Waals surface area contributed by atoms with Crippen molar-refractivity contribution in [2.75, 3.05) is 18.5 Å². The van der Waals surface area contributed by atoms with Crippen molar-refractivity contribution in [1.29, 1.82) is 0 Å². The van der Waals surface area contributed by atoms with Gasteiger partial charge in [0.15, 0.2) is 0 Å². The highest BCUT2D eigenvalue weighted by molar-refractivity contribution is 5.50. The molecule has 2 rings (SSSR count). The lowest BCUT2D eigenvalue weighted by Gasteiger charge is -2.29. The number of likely N-dealkylation sites (N-methyl/N-ethyl adjacent to an activating group) is 1. The number of aromatic hydroxyl groups is 1. The van der Waals surface area contributed by atoms with Gasteiger partial charge in [-0.25, -0.2) is 0 Å². The number of hydrogen-bond donors (Lipinski definition) is 2. The van der Waals surface area contributed by atoms with Crippen molar-refractivity contribution in [1.82, 2.24) is 0 Å². The molecule has 0 aliphatic rings. The molecule has 1 atom stereocenters. The second kappa shape index (κ2) is 5.76. The third-order valence-corrected chi connectivity index (χ3v) is 3.41. The Hall–Kier alpha value is -2.00. The van der Waals surface area contributed by atoms with Crippen LogP contribution in [0.2, 0.25) is 0 Å². The average Bonchev–Trinajstić information content (AvgIpc) is 2.42. The van der Waals surface area contributed by atoms with E-state index in [4.69, 9.17) is 5.73 Å². The van der Waals surface area contributed by atoms with Crippen LogP contribution in [0, 0.1) is 6.92 Å². The molecule has 19 heavy (non-hydrogen) atoms. The fraction of sp³-hybridized carbons (Fsp3) is 0.250. The number of nitrogens with two attached hydrogens (primary N) is 1. The maximum absolute atomic E-state index is 9.34. The average molecular weight is 256 g/mol. The lowest BCUT2D eigenvalue weighted by atomic mass is 10.0. The molecule has 2 aromatic rings. The quantitative estimate of drug-likeness (QED) is 0.884. The van der Waals surface area contributed by atoms with Gasteiger partial charge in [-0.3, -0.25) is 0 Å². The Labute approximate surface area is 114 Å². The zero-order valence-corrected chi connectivity index (χ0v) is 11.4. The number of anilines is 1. The van der Waals surface area contributed by atoms with E-state index in [1.54, 1.807) is 12.1 Å². The summed E-state index contributed by atoms with van der Waals surface area (Å²) >= 11 is 0. The van der Waals surface area contributed by atoms with Crippen molar-refractivity contribution < 1.29 is 5.11 Å². The van der Waals surface area contributed by atoms with Gasteiger partial charge in [0.2, 0.25) is 0 Å². The van der Waals surface area contributed by atoms with E-state index >= 15 is 0 Å². The van der Waals surface area contributed by atoms with E-state index in [9.17, 15) is 5.11 Å². The Balaban J connectivity index is 2.26. The summed E-state index contributed by atoms with van der Waals surface area (Å²) in [6.45, 7) is 2.62. The molecule has 3 nitrogen and oxygen atoms in total. The number of hydrogen-bond acceptors (Lipinski definition) is 3. The van der Waals surface area contributed by atoms with Gasteiger partial charge in [0, 0.05) is 19.3 Å². The van der Waals surface area contributed by atoms with Crippen molar-refractivity contribution in [3.8, 4) is 5.75 Å². The molecule has 3 heteroatoms. The highest BCUT2D eigenvalue weighted by Crippen LogP contribution is 2.26. The summed E-state index contributed by atoms with van der Waals surface area (Å²) in [6.07, 6.45) is 0. The Bertz CT molecular complexity index is 519. The molecule has 0 heterocycles. The summed E-state index contributed by atoms with van der Waals surface area (Å²) in [5.74, 6) is 0.275. The minimum atomic E-state index is 0.130. The predicted octanol–water partition coefficient (Wildman–Crippen LogP) is 2.84. The maximum atomic E-state index is 9.34. The van der Waals surface area contributed by atoms with Crippen molar-refractivity contribution in [3.63, 3.8) is 0 Å². The Kier molecular flexibility index (Phi) is 4.07. The molecule has 0 saturated heterocycles. The van der Waals surface area contributed by atoms with Crippen LogP contribution in [0.1, 0.15) is 17.2 Å². The molecule has 0 saturated carbocycles. The van der Waals surface area contributed by atoms with Gasteiger partial charge in [-0.15, -0.1) is 0 Å². The van der Waals surface area contributed by atoms with Crippen LogP contribution in [-0.2, 0) is 0 Å². The highest BCUT2D eigenvalue weighted by atomic mass is 16.3. The van der Waals surface area contributed by atoms with E-state index < -0.39 is 0 Å². The monoisotopic (exact) mass is 256 g/mol. The molecule has 0 fully saturated rings. The lowest BCUT2D eigenvalue weighted by Crippen LogP contribution is -2.30. The first-order valence-corrected chi connectivity index (χ1v) is 6.40. The fourth-order valence-electron chi connectivity index (χ4n) is 2.17. The zero-order valence-electron chi connectivity index (χ0n) is 11.4. The topological polar surface area (TPSA) is 49.5 Å². The van der Waals surface area contributed by atoms with Gasteiger partial charge in [0.25, 0.3) is 0 Å². The molecule has 0 radical (unpaired) electrons. The molecule has 0 aromatic heterocycles. The molecule has 1 unspecified atom stereocenters. The second-order valence-electron chi connectivity index (χ2n) is 4.79. The summed E-state index contributed by atoms with van der Waals surface area (Å²) in [5.41, 5.74) is 9.40.